The molecule has 0 amide bonds. The number of halogens is 1. The van der Waals surface area contributed by atoms with Crippen molar-refractivity contribution in [2.24, 2.45) is 5.92 Å². The molecule has 0 spiro atoms. The topological polar surface area (TPSA) is 69.9 Å². The fraction of sp³-hybridized carbons (Fsp3) is 1.00. The van der Waals surface area contributed by atoms with Crippen LogP contribution in [0.1, 0.15) is 13.8 Å². The predicted molar refractivity (Wildman–Crippen MR) is 47.5 cm³/mol. The van der Waals surface area contributed by atoms with Crippen molar-refractivity contribution in [1.82, 2.24) is 0 Å². The van der Waals surface area contributed by atoms with E-state index in [1.807, 2.05) is 0 Å². The van der Waals surface area contributed by atoms with E-state index in [1.165, 1.54) is 0 Å². The van der Waals surface area contributed by atoms with E-state index in [4.69, 9.17) is 4.74 Å². The summed E-state index contributed by atoms with van der Waals surface area (Å²) in [6.45, 7) is 2.73. The molecule has 0 radical (unpaired) electrons. The first-order chi connectivity index (χ1) is 6.49. The van der Waals surface area contributed by atoms with E-state index in [2.05, 4.69) is 0 Å². The summed E-state index contributed by atoms with van der Waals surface area (Å²) >= 11 is 0. The number of hydrogen-bond donors (Lipinski definition) is 3. The number of aliphatic hydroxyl groups is 3. The maximum atomic E-state index is 12.4. The van der Waals surface area contributed by atoms with E-state index < -0.39 is 37.2 Å². The van der Waals surface area contributed by atoms with Gasteiger partial charge in [-0.05, 0) is 5.92 Å². The molecule has 14 heavy (non-hydrogen) atoms. The Morgan fingerprint density at radius 1 is 1.14 bits per heavy atom. The second-order valence-electron chi connectivity index (χ2n) is 4.01. The molecule has 1 saturated heterocycles. The Bertz CT molecular complexity index is 186. The molecule has 1 rings (SSSR count). The van der Waals surface area contributed by atoms with Crippen LogP contribution in [0.4, 0.5) is 4.39 Å². The van der Waals surface area contributed by atoms with E-state index >= 15 is 0 Å². The van der Waals surface area contributed by atoms with Gasteiger partial charge in [0.25, 0.3) is 0 Å². The van der Waals surface area contributed by atoms with Gasteiger partial charge in [0.15, 0.2) is 0 Å². The second-order valence-corrected chi connectivity index (χ2v) is 4.01. The monoisotopic (exact) mass is 208 g/mol. The van der Waals surface area contributed by atoms with Crippen molar-refractivity contribution < 1.29 is 24.4 Å². The van der Waals surface area contributed by atoms with E-state index in [0.29, 0.717) is 0 Å². The highest BCUT2D eigenvalue weighted by molar-refractivity contribution is 4.92. The van der Waals surface area contributed by atoms with Crippen molar-refractivity contribution in [3.8, 4) is 0 Å². The molecule has 0 aliphatic carbocycles. The SMILES string of the molecule is CC(C)[C@@H]1O[C@H](CF)[C@@H](O)[C@H](O)[C@H]1O. The Labute approximate surface area is 82.3 Å². The van der Waals surface area contributed by atoms with Crippen molar-refractivity contribution in [2.75, 3.05) is 6.67 Å². The summed E-state index contributed by atoms with van der Waals surface area (Å²) in [5.41, 5.74) is 0. The van der Waals surface area contributed by atoms with Crippen molar-refractivity contribution in [2.45, 2.75) is 44.4 Å². The molecule has 0 aromatic heterocycles. The average molecular weight is 208 g/mol. The first-order valence-electron chi connectivity index (χ1n) is 4.74. The fourth-order valence-corrected chi connectivity index (χ4v) is 1.66. The number of aliphatic hydroxyl groups excluding tert-OH is 3. The van der Waals surface area contributed by atoms with Crippen molar-refractivity contribution in [1.29, 1.82) is 0 Å². The maximum Gasteiger partial charge on any atom is 0.118 e. The van der Waals surface area contributed by atoms with Gasteiger partial charge in [0.2, 0.25) is 0 Å². The summed E-state index contributed by atoms with van der Waals surface area (Å²) < 4.78 is 17.5. The summed E-state index contributed by atoms with van der Waals surface area (Å²) in [5.74, 6) is -0.0406. The number of ether oxygens (including phenoxy) is 1. The maximum absolute atomic E-state index is 12.4. The van der Waals surface area contributed by atoms with E-state index in [0.717, 1.165) is 0 Å². The van der Waals surface area contributed by atoms with Crippen molar-refractivity contribution in [3.05, 3.63) is 0 Å². The third-order valence-corrected chi connectivity index (χ3v) is 2.56. The van der Waals surface area contributed by atoms with Gasteiger partial charge >= 0.3 is 0 Å². The Morgan fingerprint density at radius 2 is 1.71 bits per heavy atom. The molecule has 4 nitrogen and oxygen atoms in total. The summed E-state index contributed by atoms with van der Waals surface area (Å²) in [6.07, 6.45) is -5.52. The molecular weight excluding hydrogens is 191 g/mol. The highest BCUT2D eigenvalue weighted by Crippen LogP contribution is 2.25. The molecular formula is C9H17FO4. The van der Waals surface area contributed by atoms with Crippen LogP contribution in [-0.4, -0.2) is 52.5 Å². The third kappa shape index (κ3) is 2.06. The van der Waals surface area contributed by atoms with Crippen LogP contribution in [0.2, 0.25) is 0 Å². The molecule has 1 fully saturated rings. The van der Waals surface area contributed by atoms with Gasteiger partial charge in [-0.25, -0.2) is 4.39 Å². The van der Waals surface area contributed by atoms with E-state index in [9.17, 15) is 19.7 Å². The molecule has 0 aromatic carbocycles. The van der Waals surface area contributed by atoms with Gasteiger partial charge in [-0.1, -0.05) is 13.8 Å². The van der Waals surface area contributed by atoms with Gasteiger partial charge in [0.05, 0.1) is 6.10 Å². The van der Waals surface area contributed by atoms with Gasteiger partial charge in [0, 0.05) is 0 Å². The molecule has 1 aliphatic heterocycles. The average Bonchev–Trinajstić information content (AvgIpc) is 2.14. The second kappa shape index (κ2) is 4.53. The summed E-state index contributed by atoms with van der Waals surface area (Å²) in [5, 5.41) is 28.3. The Kier molecular flexibility index (Phi) is 3.83. The lowest BCUT2D eigenvalue weighted by atomic mass is 9.90. The minimum Gasteiger partial charge on any atom is -0.388 e. The zero-order chi connectivity index (χ0) is 10.9. The molecule has 0 aromatic rings. The minimum absolute atomic E-state index is 0.0406. The van der Waals surface area contributed by atoms with Crippen LogP contribution in [0.3, 0.4) is 0 Å². The van der Waals surface area contributed by atoms with Crippen LogP contribution < -0.4 is 0 Å². The smallest absolute Gasteiger partial charge is 0.118 e. The van der Waals surface area contributed by atoms with Crippen LogP contribution in [0.15, 0.2) is 0 Å². The molecule has 84 valence electrons. The van der Waals surface area contributed by atoms with Gasteiger partial charge in [-0.2, -0.15) is 0 Å². The van der Waals surface area contributed by atoms with Gasteiger partial charge in [-0.3, -0.25) is 0 Å². The summed E-state index contributed by atoms with van der Waals surface area (Å²) in [7, 11) is 0. The molecule has 1 heterocycles. The summed E-state index contributed by atoms with van der Waals surface area (Å²) in [6, 6.07) is 0. The van der Waals surface area contributed by atoms with E-state index in [-0.39, 0.29) is 5.92 Å². The lowest BCUT2D eigenvalue weighted by Crippen LogP contribution is -2.59. The van der Waals surface area contributed by atoms with Crippen LogP contribution in [0.25, 0.3) is 0 Å². The highest BCUT2D eigenvalue weighted by atomic mass is 19.1. The van der Waals surface area contributed by atoms with E-state index in [1.54, 1.807) is 13.8 Å². The zero-order valence-corrected chi connectivity index (χ0v) is 8.30. The van der Waals surface area contributed by atoms with Crippen LogP contribution >= 0.6 is 0 Å². The van der Waals surface area contributed by atoms with Gasteiger partial charge in [0.1, 0.15) is 31.1 Å². The first-order valence-corrected chi connectivity index (χ1v) is 4.74. The molecule has 5 atom stereocenters. The van der Waals surface area contributed by atoms with Crippen molar-refractivity contribution >= 4 is 0 Å². The van der Waals surface area contributed by atoms with Gasteiger partial charge in [-0.15, -0.1) is 0 Å². The molecule has 0 bridgehead atoms. The standard InChI is InChI=1S/C9H17FO4/c1-4(2)9-8(13)7(12)6(11)5(3-10)14-9/h4-9,11-13H,3H2,1-2H3/t5-,6-,7+,8-,9+/m1/s1. The Balaban J connectivity index is 2.73. The molecule has 5 heteroatoms. The molecule has 1 aliphatic rings. The van der Waals surface area contributed by atoms with Crippen LogP contribution in [0.5, 0.6) is 0 Å². The Hall–Kier alpha value is -0.230. The first kappa shape index (κ1) is 11.8. The predicted octanol–water partition coefficient (Wildman–Crippen LogP) is -0.538. The minimum atomic E-state index is -1.36. The zero-order valence-electron chi connectivity index (χ0n) is 8.30. The number of hydrogen-bond acceptors (Lipinski definition) is 4. The van der Waals surface area contributed by atoms with Crippen LogP contribution in [-0.2, 0) is 4.74 Å². The van der Waals surface area contributed by atoms with Crippen molar-refractivity contribution in [3.63, 3.8) is 0 Å². The number of rotatable bonds is 2. The Morgan fingerprint density at radius 3 is 2.14 bits per heavy atom. The quantitative estimate of drug-likeness (QED) is 0.570. The summed E-state index contributed by atoms with van der Waals surface area (Å²) in [4.78, 5) is 0. The fourth-order valence-electron chi connectivity index (χ4n) is 1.66. The lowest BCUT2D eigenvalue weighted by Gasteiger charge is -2.41. The number of alkyl halides is 1. The molecule has 0 unspecified atom stereocenters. The third-order valence-electron chi connectivity index (χ3n) is 2.56. The van der Waals surface area contributed by atoms with Gasteiger partial charge < -0.3 is 20.1 Å². The highest BCUT2D eigenvalue weighted by Gasteiger charge is 2.44. The molecule has 0 saturated carbocycles. The lowest BCUT2D eigenvalue weighted by molar-refractivity contribution is -0.234. The largest absolute Gasteiger partial charge is 0.388 e. The molecule has 3 N–H and O–H groups in total. The normalized spacial score (nSPS) is 44.4. The van der Waals surface area contributed by atoms with Crippen LogP contribution in [0, 0.1) is 5.92 Å².